The summed E-state index contributed by atoms with van der Waals surface area (Å²) in [5, 5.41) is 2.82. The number of nitrogen functional groups attached to an aromatic ring is 1. The van der Waals surface area contributed by atoms with Crippen molar-refractivity contribution >= 4 is 33.2 Å². The molecule has 1 saturated heterocycles. The highest BCUT2D eigenvalue weighted by molar-refractivity contribution is 7.89. The van der Waals surface area contributed by atoms with E-state index in [4.69, 9.17) is 10.5 Å². The van der Waals surface area contributed by atoms with Crippen LogP contribution in [0.2, 0.25) is 0 Å². The fraction of sp³-hybridized carbons (Fsp3) is 0.417. The summed E-state index contributed by atoms with van der Waals surface area (Å²) in [6.07, 6.45) is 2.15. The first kappa shape index (κ1) is 24.2. The SMILES string of the molecule is COCCNC(=O)[C@@H]1Cc2ccccc2N1C(=O)[C@@H]1CCCCN1S(=O)(=O)c1ccc(N)cc1. The van der Waals surface area contributed by atoms with E-state index in [9.17, 15) is 18.0 Å². The van der Waals surface area contributed by atoms with E-state index in [0.717, 1.165) is 12.0 Å². The van der Waals surface area contributed by atoms with Gasteiger partial charge in [0.25, 0.3) is 0 Å². The van der Waals surface area contributed by atoms with Gasteiger partial charge in [-0.15, -0.1) is 0 Å². The van der Waals surface area contributed by atoms with E-state index < -0.39 is 22.1 Å². The van der Waals surface area contributed by atoms with Crippen molar-refractivity contribution in [3.8, 4) is 0 Å². The Morgan fingerprint density at radius 3 is 2.56 bits per heavy atom. The molecule has 0 unspecified atom stereocenters. The van der Waals surface area contributed by atoms with Crippen molar-refractivity contribution in [3.63, 3.8) is 0 Å². The molecule has 0 aliphatic carbocycles. The van der Waals surface area contributed by atoms with Crippen LogP contribution < -0.4 is 16.0 Å². The first-order valence-corrected chi connectivity index (χ1v) is 12.8. The first-order valence-electron chi connectivity index (χ1n) is 11.4. The van der Waals surface area contributed by atoms with Gasteiger partial charge in [0.15, 0.2) is 0 Å². The van der Waals surface area contributed by atoms with Crippen LogP contribution in [-0.4, -0.2) is 63.4 Å². The number of piperidine rings is 1. The Hall–Kier alpha value is -2.95. The van der Waals surface area contributed by atoms with Crippen LogP contribution in [0.15, 0.2) is 53.4 Å². The van der Waals surface area contributed by atoms with Gasteiger partial charge >= 0.3 is 0 Å². The van der Waals surface area contributed by atoms with Crippen molar-refractivity contribution < 1.29 is 22.7 Å². The highest BCUT2D eigenvalue weighted by atomic mass is 32.2. The number of ether oxygens (including phenoxy) is 1. The van der Waals surface area contributed by atoms with E-state index in [2.05, 4.69) is 5.32 Å². The normalized spacial score (nSPS) is 20.7. The minimum Gasteiger partial charge on any atom is -0.399 e. The number of nitrogens with two attached hydrogens (primary N) is 1. The average molecular weight is 487 g/mol. The fourth-order valence-electron chi connectivity index (χ4n) is 4.64. The molecule has 3 N–H and O–H groups in total. The molecular formula is C24H30N4O5S. The number of methoxy groups -OCH3 is 1. The van der Waals surface area contributed by atoms with Crippen LogP contribution in [0, 0.1) is 0 Å². The third-order valence-corrected chi connectivity index (χ3v) is 8.27. The second kappa shape index (κ2) is 10.1. The highest BCUT2D eigenvalue weighted by Crippen LogP contribution is 2.35. The van der Waals surface area contributed by atoms with Crippen molar-refractivity contribution in [2.24, 2.45) is 0 Å². The van der Waals surface area contributed by atoms with Crippen LogP contribution in [0.5, 0.6) is 0 Å². The van der Waals surface area contributed by atoms with Crippen molar-refractivity contribution in [1.82, 2.24) is 9.62 Å². The van der Waals surface area contributed by atoms with Crippen LogP contribution >= 0.6 is 0 Å². The number of nitrogens with one attached hydrogen (secondary N) is 1. The molecule has 2 atom stereocenters. The molecule has 2 amide bonds. The summed E-state index contributed by atoms with van der Waals surface area (Å²) in [6, 6.07) is 11.7. The quantitative estimate of drug-likeness (QED) is 0.452. The number of para-hydroxylation sites is 1. The summed E-state index contributed by atoms with van der Waals surface area (Å²) < 4.78 is 33.3. The lowest BCUT2D eigenvalue weighted by Gasteiger charge is -2.37. The standard InChI is InChI=1S/C24H30N4O5S/c1-33-15-13-26-23(29)22-16-17-6-2-3-7-20(17)28(22)24(30)21-8-4-5-14-27(21)34(31,32)19-11-9-18(25)10-12-19/h2-3,6-7,9-12,21-22H,4-5,8,13-16,25H2,1H3,(H,26,29)/t21-,22-/m0/s1. The average Bonchev–Trinajstić information content (AvgIpc) is 3.24. The Morgan fingerprint density at radius 2 is 1.82 bits per heavy atom. The smallest absolute Gasteiger partial charge is 0.246 e. The number of carbonyl (C=O) groups is 2. The summed E-state index contributed by atoms with van der Waals surface area (Å²) in [6.45, 7) is 0.921. The van der Waals surface area contributed by atoms with Gasteiger partial charge in [0.1, 0.15) is 12.1 Å². The Balaban J connectivity index is 1.66. The lowest BCUT2D eigenvalue weighted by Crippen LogP contribution is -2.57. The summed E-state index contributed by atoms with van der Waals surface area (Å²) in [5.41, 5.74) is 7.71. The van der Waals surface area contributed by atoms with Crippen LogP contribution in [-0.2, 0) is 30.8 Å². The molecule has 182 valence electrons. The minimum absolute atomic E-state index is 0.0945. The number of hydrogen-bond acceptors (Lipinski definition) is 6. The fourth-order valence-corrected chi connectivity index (χ4v) is 6.29. The van der Waals surface area contributed by atoms with Crippen LogP contribution in [0.25, 0.3) is 0 Å². The van der Waals surface area contributed by atoms with Crippen molar-refractivity contribution in [1.29, 1.82) is 0 Å². The molecule has 0 spiro atoms. The summed E-state index contributed by atoms with van der Waals surface area (Å²) in [5.74, 6) is -0.666. The maximum absolute atomic E-state index is 13.9. The molecule has 2 aliphatic rings. The molecule has 2 heterocycles. The van der Waals surface area contributed by atoms with E-state index in [1.807, 2.05) is 18.2 Å². The van der Waals surface area contributed by atoms with Gasteiger partial charge in [-0.3, -0.25) is 14.5 Å². The highest BCUT2D eigenvalue weighted by Gasteiger charge is 2.45. The lowest BCUT2D eigenvalue weighted by molar-refractivity contribution is -0.128. The van der Waals surface area contributed by atoms with E-state index in [1.165, 1.54) is 33.5 Å². The number of amides is 2. The number of hydrogen-bond donors (Lipinski definition) is 2. The number of sulfonamides is 1. The number of nitrogens with zero attached hydrogens (tertiary/aromatic N) is 2. The number of benzene rings is 2. The molecule has 2 aromatic rings. The zero-order valence-electron chi connectivity index (χ0n) is 19.1. The topological polar surface area (TPSA) is 122 Å². The molecule has 2 aromatic carbocycles. The molecule has 2 aliphatic heterocycles. The van der Waals surface area contributed by atoms with E-state index in [-0.39, 0.29) is 23.3 Å². The molecule has 10 heteroatoms. The molecular weight excluding hydrogens is 456 g/mol. The van der Waals surface area contributed by atoms with Crippen molar-refractivity contribution in [2.75, 3.05) is 37.4 Å². The van der Waals surface area contributed by atoms with Crippen LogP contribution in [0.1, 0.15) is 24.8 Å². The van der Waals surface area contributed by atoms with E-state index in [1.54, 1.807) is 13.2 Å². The van der Waals surface area contributed by atoms with Crippen molar-refractivity contribution in [2.45, 2.75) is 42.7 Å². The predicted molar refractivity (Wildman–Crippen MR) is 129 cm³/mol. The van der Waals surface area contributed by atoms with Gasteiger partial charge in [-0.2, -0.15) is 4.31 Å². The van der Waals surface area contributed by atoms with Gasteiger partial charge in [-0.25, -0.2) is 8.42 Å². The molecule has 4 rings (SSSR count). The zero-order valence-corrected chi connectivity index (χ0v) is 20.0. The number of anilines is 2. The molecule has 9 nitrogen and oxygen atoms in total. The van der Waals surface area contributed by atoms with Gasteiger partial charge in [0.2, 0.25) is 21.8 Å². The minimum atomic E-state index is -3.92. The van der Waals surface area contributed by atoms with E-state index in [0.29, 0.717) is 43.8 Å². The molecule has 0 radical (unpaired) electrons. The largest absolute Gasteiger partial charge is 0.399 e. The van der Waals surface area contributed by atoms with Gasteiger partial charge in [0, 0.05) is 38.0 Å². The van der Waals surface area contributed by atoms with E-state index >= 15 is 0 Å². The number of rotatable bonds is 7. The van der Waals surface area contributed by atoms with Crippen LogP contribution in [0.4, 0.5) is 11.4 Å². The third kappa shape index (κ3) is 4.66. The summed E-state index contributed by atoms with van der Waals surface area (Å²) in [4.78, 5) is 28.5. The molecule has 0 aromatic heterocycles. The molecule has 1 fully saturated rings. The monoisotopic (exact) mass is 486 g/mol. The Kier molecular flexibility index (Phi) is 7.20. The molecule has 0 saturated carbocycles. The number of fused-ring (bicyclic) bond motifs is 1. The maximum Gasteiger partial charge on any atom is 0.246 e. The van der Waals surface area contributed by atoms with Crippen LogP contribution in [0.3, 0.4) is 0 Å². The maximum atomic E-state index is 13.9. The Morgan fingerprint density at radius 1 is 1.09 bits per heavy atom. The second-order valence-corrected chi connectivity index (χ2v) is 10.4. The Labute approximate surface area is 199 Å². The second-order valence-electron chi connectivity index (χ2n) is 8.54. The van der Waals surface area contributed by atoms with Gasteiger partial charge < -0.3 is 15.8 Å². The number of carbonyl (C=O) groups excluding carboxylic acids is 2. The Bertz CT molecular complexity index is 1150. The third-order valence-electron chi connectivity index (χ3n) is 6.35. The molecule has 0 bridgehead atoms. The molecule has 34 heavy (non-hydrogen) atoms. The lowest BCUT2D eigenvalue weighted by atomic mass is 10.0. The first-order chi connectivity index (χ1) is 16.3. The summed E-state index contributed by atoms with van der Waals surface area (Å²) >= 11 is 0. The van der Waals surface area contributed by atoms with Crippen molar-refractivity contribution in [3.05, 3.63) is 54.1 Å². The van der Waals surface area contributed by atoms with Gasteiger partial charge in [-0.1, -0.05) is 24.6 Å². The van der Waals surface area contributed by atoms with Gasteiger partial charge in [-0.05, 0) is 48.7 Å². The summed E-state index contributed by atoms with van der Waals surface area (Å²) in [7, 11) is -2.37. The zero-order chi connectivity index (χ0) is 24.3. The van der Waals surface area contributed by atoms with Gasteiger partial charge in [0.05, 0.1) is 11.5 Å². The predicted octanol–water partition coefficient (Wildman–Crippen LogP) is 1.53.